The third-order valence-corrected chi connectivity index (χ3v) is 2.71. The van der Waals surface area contributed by atoms with E-state index in [1.54, 1.807) is 0 Å². The molecule has 1 nitrogen and oxygen atoms in total. The summed E-state index contributed by atoms with van der Waals surface area (Å²) in [5.41, 5.74) is -0.524. The molecule has 0 heterocycles. The number of aliphatic hydroxyl groups excluding tert-OH is 1. The van der Waals surface area contributed by atoms with Crippen molar-refractivity contribution in [2.24, 2.45) is 0 Å². The number of alkyl halides is 3. The molecule has 0 unspecified atom stereocenters. The highest BCUT2D eigenvalue weighted by Crippen LogP contribution is 2.37. The molecule has 0 saturated carbocycles. The molecule has 5 heteroatoms. The summed E-state index contributed by atoms with van der Waals surface area (Å²) in [5, 5.41) is 9.00. The summed E-state index contributed by atoms with van der Waals surface area (Å²) < 4.78 is 51.9. The summed E-state index contributed by atoms with van der Waals surface area (Å²) >= 11 is 0. The number of hydrogen-bond donors (Lipinski definition) is 1. The predicted octanol–water partition coefficient (Wildman–Crippen LogP) is 4.00. The van der Waals surface area contributed by atoms with Gasteiger partial charge in [0.15, 0.2) is 0 Å². The van der Waals surface area contributed by atoms with Crippen LogP contribution in [0.15, 0.2) is 42.5 Å². The quantitative estimate of drug-likeness (QED) is 0.818. The molecular formula is C14H10F4O. The highest BCUT2D eigenvalue weighted by Gasteiger charge is 2.33. The first kappa shape index (κ1) is 13.5. The molecule has 2 aromatic rings. The van der Waals surface area contributed by atoms with Gasteiger partial charge in [0.25, 0.3) is 0 Å². The van der Waals surface area contributed by atoms with E-state index in [1.165, 1.54) is 24.3 Å². The van der Waals surface area contributed by atoms with Crippen LogP contribution in [0.3, 0.4) is 0 Å². The van der Waals surface area contributed by atoms with Crippen LogP contribution in [0.4, 0.5) is 17.6 Å². The topological polar surface area (TPSA) is 20.2 Å². The van der Waals surface area contributed by atoms with Crippen LogP contribution in [0.2, 0.25) is 0 Å². The molecule has 1 N–H and O–H groups in total. The van der Waals surface area contributed by atoms with Crippen molar-refractivity contribution in [3.63, 3.8) is 0 Å². The lowest BCUT2D eigenvalue weighted by molar-refractivity contribution is -0.137. The van der Waals surface area contributed by atoms with Crippen LogP contribution < -0.4 is 0 Å². The zero-order valence-electron chi connectivity index (χ0n) is 9.71. The molecule has 0 aromatic heterocycles. The minimum atomic E-state index is -4.53. The van der Waals surface area contributed by atoms with Gasteiger partial charge in [-0.3, -0.25) is 0 Å². The van der Waals surface area contributed by atoms with E-state index in [0.717, 1.165) is 18.2 Å². The molecule has 0 aliphatic rings. The standard InChI is InChI=1S/C14H10F4O/c15-11-3-1-2-10(7-11)12-6-9(8-19)4-5-13(12)14(16,17)18/h1-7,19H,8H2. The Morgan fingerprint density at radius 1 is 1.00 bits per heavy atom. The van der Waals surface area contributed by atoms with Gasteiger partial charge >= 0.3 is 6.18 Å². The molecule has 2 aromatic carbocycles. The molecular weight excluding hydrogens is 260 g/mol. The van der Waals surface area contributed by atoms with E-state index in [2.05, 4.69) is 0 Å². The van der Waals surface area contributed by atoms with E-state index in [0.29, 0.717) is 5.56 Å². The smallest absolute Gasteiger partial charge is 0.392 e. The normalized spacial score (nSPS) is 11.6. The molecule has 19 heavy (non-hydrogen) atoms. The van der Waals surface area contributed by atoms with Gasteiger partial charge in [-0.15, -0.1) is 0 Å². The highest BCUT2D eigenvalue weighted by molar-refractivity contribution is 5.69. The number of aliphatic hydroxyl groups is 1. The molecule has 0 aliphatic carbocycles. The molecule has 100 valence electrons. The summed E-state index contributed by atoms with van der Waals surface area (Å²) in [5.74, 6) is -0.611. The van der Waals surface area contributed by atoms with Gasteiger partial charge in [-0.05, 0) is 41.0 Å². The van der Waals surface area contributed by atoms with Gasteiger partial charge in [-0.1, -0.05) is 18.2 Å². The zero-order valence-corrected chi connectivity index (χ0v) is 9.71. The Balaban J connectivity index is 2.65. The van der Waals surface area contributed by atoms with Crippen molar-refractivity contribution in [1.82, 2.24) is 0 Å². The molecule has 0 saturated heterocycles. The largest absolute Gasteiger partial charge is 0.417 e. The first-order valence-corrected chi connectivity index (χ1v) is 5.49. The van der Waals surface area contributed by atoms with Gasteiger partial charge in [0.1, 0.15) is 5.82 Å². The van der Waals surface area contributed by atoms with Crippen LogP contribution in [0.1, 0.15) is 11.1 Å². The van der Waals surface area contributed by atoms with E-state index < -0.39 is 17.6 Å². The minimum absolute atomic E-state index is 0.127. The van der Waals surface area contributed by atoms with Gasteiger partial charge in [0, 0.05) is 0 Å². The van der Waals surface area contributed by atoms with Crippen molar-refractivity contribution in [2.45, 2.75) is 12.8 Å². The third kappa shape index (κ3) is 2.93. The SMILES string of the molecule is OCc1ccc(C(F)(F)F)c(-c2cccc(F)c2)c1. The monoisotopic (exact) mass is 270 g/mol. The molecule has 0 radical (unpaired) electrons. The zero-order chi connectivity index (χ0) is 14.0. The van der Waals surface area contributed by atoms with Gasteiger partial charge in [-0.25, -0.2) is 4.39 Å². The van der Waals surface area contributed by atoms with Gasteiger partial charge in [0.05, 0.1) is 12.2 Å². The first-order valence-electron chi connectivity index (χ1n) is 5.49. The summed E-state index contributed by atoms with van der Waals surface area (Å²) in [6.07, 6.45) is -4.53. The number of hydrogen-bond acceptors (Lipinski definition) is 1. The van der Waals surface area contributed by atoms with Crippen LogP contribution in [-0.2, 0) is 12.8 Å². The van der Waals surface area contributed by atoms with Crippen LogP contribution in [0, 0.1) is 5.82 Å². The van der Waals surface area contributed by atoms with Crippen LogP contribution in [-0.4, -0.2) is 5.11 Å². The molecule has 0 spiro atoms. The van der Waals surface area contributed by atoms with Gasteiger partial charge in [-0.2, -0.15) is 13.2 Å². The lowest BCUT2D eigenvalue weighted by atomic mass is 9.97. The highest BCUT2D eigenvalue weighted by atomic mass is 19.4. The lowest BCUT2D eigenvalue weighted by Crippen LogP contribution is -2.07. The van der Waals surface area contributed by atoms with Crippen LogP contribution >= 0.6 is 0 Å². The van der Waals surface area contributed by atoms with Crippen molar-refractivity contribution < 1.29 is 22.7 Å². The maximum atomic E-state index is 13.1. The van der Waals surface area contributed by atoms with E-state index in [1.807, 2.05) is 0 Å². The lowest BCUT2D eigenvalue weighted by Gasteiger charge is -2.14. The molecule has 0 fully saturated rings. The Bertz CT molecular complexity index is 590. The average Bonchev–Trinajstić information content (AvgIpc) is 2.37. The van der Waals surface area contributed by atoms with E-state index in [9.17, 15) is 17.6 Å². The van der Waals surface area contributed by atoms with Crippen molar-refractivity contribution in [3.8, 4) is 11.1 Å². The first-order chi connectivity index (χ1) is 8.91. The maximum absolute atomic E-state index is 13.1. The molecule has 2 rings (SSSR count). The van der Waals surface area contributed by atoms with Crippen LogP contribution in [0.25, 0.3) is 11.1 Å². The summed E-state index contributed by atoms with van der Waals surface area (Å²) in [7, 11) is 0. The number of halogens is 4. The Morgan fingerprint density at radius 2 is 1.74 bits per heavy atom. The van der Waals surface area contributed by atoms with Crippen molar-refractivity contribution in [2.75, 3.05) is 0 Å². The second kappa shape index (κ2) is 5.01. The minimum Gasteiger partial charge on any atom is -0.392 e. The number of benzene rings is 2. The maximum Gasteiger partial charge on any atom is 0.417 e. The van der Waals surface area contributed by atoms with E-state index in [-0.39, 0.29) is 17.7 Å². The molecule has 0 aliphatic heterocycles. The Labute approximate surface area is 107 Å². The average molecular weight is 270 g/mol. The second-order valence-electron chi connectivity index (χ2n) is 4.05. The summed E-state index contributed by atoms with van der Waals surface area (Å²) in [4.78, 5) is 0. The van der Waals surface area contributed by atoms with E-state index >= 15 is 0 Å². The Morgan fingerprint density at radius 3 is 2.32 bits per heavy atom. The predicted molar refractivity (Wildman–Crippen MR) is 62.8 cm³/mol. The Kier molecular flexibility index (Phi) is 3.57. The number of rotatable bonds is 2. The van der Waals surface area contributed by atoms with Crippen molar-refractivity contribution in [3.05, 3.63) is 59.4 Å². The molecule has 0 bridgehead atoms. The van der Waals surface area contributed by atoms with Gasteiger partial charge in [0.2, 0.25) is 0 Å². The van der Waals surface area contributed by atoms with Crippen molar-refractivity contribution >= 4 is 0 Å². The van der Waals surface area contributed by atoms with Crippen LogP contribution in [0.5, 0.6) is 0 Å². The summed E-state index contributed by atoms with van der Waals surface area (Å²) in [6, 6.07) is 8.25. The van der Waals surface area contributed by atoms with E-state index in [4.69, 9.17) is 5.11 Å². The second-order valence-corrected chi connectivity index (χ2v) is 4.05. The fourth-order valence-electron chi connectivity index (χ4n) is 1.83. The Hall–Kier alpha value is -1.88. The summed E-state index contributed by atoms with van der Waals surface area (Å²) in [6.45, 7) is -0.375. The molecule has 0 atom stereocenters. The fraction of sp³-hybridized carbons (Fsp3) is 0.143. The fourth-order valence-corrected chi connectivity index (χ4v) is 1.83. The molecule has 0 amide bonds. The van der Waals surface area contributed by atoms with Crippen molar-refractivity contribution in [1.29, 1.82) is 0 Å². The van der Waals surface area contributed by atoms with Gasteiger partial charge < -0.3 is 5.11 Å². The third-order valence-electron chi connectivity index (χ3n) is 2.71.